The van der Waals surface area contributed by atoms with Crippen LogP contribution < -0.4 is 4.90 Å². The zero-order valence-corrected chi connectivity index (χ0v) is 13.4. The van der Waals surface area contributed by atoms with Gasteiger partial charge in [-0.25, -0.2) is 0 Å². The third kappa shape index (κ3) is 4.31. The molecule has 1 aromatic carbocycles. The van der Waals surface area contributed by atoms with E-state index in [1.807, 2.05) is 30.3 Å². The average molecular weight is 305 g/mol. The minimum Gasteiger partial charge on any atom is -0.465 e. The van der Waals surface area contributed by atoms with Gasteiger partial charge >= 0.3 is 5.97 Å². The van der Waals surface area contributed by atoms with Gasteiger partial charge in [0.15, 0.2) is 0 Å². The Morgan fingerprint density at radius 3 is 2.45 bits per heavy atom. The number of amides is 1. The molecule has 1 aromatic rings. The van der Waals surface area contributed by atoms with E-state index in [2.05, 4.69) is 7.05 Å². The molecule has 1 heterocycles. The zero-order chi connectivity index (χ0) is 15.9. The normalized spacial score (nSPS) is 17.1. The van der Waals surface area contributed by atoms with Crippen molar-refractivity contribution in [3.05, 3.63) is 35.9 Å². The molecule has 0 spiro atoms. The van der Waals surface area contributed by atoms with Gasteiger partial charge in [-0.2, -0.15) is 0 Å². The fourth-order valence-corrected chi connectivity index (χ4v) is 2.69. The first-order valence-corrected chi connectivity index (χ1v) is 7.92. The molecule has 0 aromatic heterocycles. The van der Waals surface area contributed by atoms with E-state index in [9.17, 15) is 9.59 Å². The molecule has 1 aliphatic heterocycles. The summed E-state index contributed by atoms with van der Waals surface area (Å²) in [5.74, 6) is -1.25. The minimum absolute atomic E-state index is 0.102. The number of benzene rings is 1. The van der Waals surface area contributed by atoms with Crippen LogP contribution in [0.2, 0.25) is 0 Å². The van der Waals surface area contributed by atoms with Gasteiger partial charge in [-0.3, -0.25) is 9.59 Å². The molecule has 1 saturated heterocycles. The molecule has 0 bridgehead atoms. The predicted molar refractivity (Wildman–Crippen MR) is 83.5 cm³/mol. The first kappa shape index (κ1) is 16.5. The Balaban J connectivity index is 2.09. The standard InChI is InChI=1S/C17H24N2O3/c1-3-22-17(21)15(13-14-7-5-4-6-8-14)16(20)19-11-9-18(2)10-12-19/h4-8,15H,3,9-13H2,1-2H3/p+1/t15-/m1/s1. The lowest BCUT2D eigenvalue weighted by molar-refractivity contribution is -0.883. The Kier molecular flexibility index (Phi) is 5.95. The highest BCUT2D eigenvalue weighted by molar-refractivity contribution is 5.98. The number of rotatable bonds is 5. The van der Waals surface area contributed by atoms with Gasteiger partial charge in [0.2, 0.25) is 5.91 Å². The number of carbonyl (C=O) groups is 2. The van der Waals surface area contributed by atoms with Gasteiger partial charge < -0.3 is 14.5 Å². The maximum absolute atomic E-state index is 12.7. The van der Waals surface area contributed by atoms with E-state index in [1.54, 1.807) is 11.8 Å². The monoisotopic (exact) mass is 305 g/mol. The second kappa shape index (κ2) is 7.94. The summed E-state index contributed by atoms with van der Waals surface area (Å²) in [6.07, 6.45) is 0.400. The number of ether oxygens (including phenoxy) is 1. The van der Waals surface area contributed by atoms with Gasteiger partial charge in [0.1, 0.15) is 5.92 Å². The SMILES string of the molecule is CCOC(=O)[C@H](Cc1ccccc1)C(=O)N1CC[NH+](C)CC1. The topological polar surface area (TPSA) is 51.1 Å². The van der Waals surface area contributed by atoms with Crippen molar-refractivity contribution in [1.29, 1.82) is 0 Å². The van der Waals surface area contributed by atoms with Crippen molar-refractivity contribution in [2.75, 3.05) is 39.8 Å². The summed E-state index contributed by atoms with van der Waals surface area (Å²) in [7, 11) is 2.12. The Morgan fingerprint density at radius 1 is 1.23 bits per heavy atom. The van der Waals surface area contributed by atoms with Gasteiger partial charge in [0.05, 0.1) is 39.8 Å². The zero-order valence-electron chi connectivity index (χ0n) is 13.4. The largest absolute Gasteiger partial charge is 0.465 e. The number of likely N-dealkylation sites (N-methyl/N-ethyl adjacent to an activating group) is 1. The summed E-state index contributed by atoms with van der Waals surface area (Å²) in [5.41, 5.74) is 0.980. The lowest BCUT2D eigenvalue weighted by Crippen LogP contribution is -3.12. The predicted octanol–water partition coefficient (Wildman–Crippen LogP) is -0.235. The van der Waals surface area contributed by atoms with E-state index in [-0.39, 0.29) is 5.91 Å². The van der Waals surface area contributed by atoms with Gasteiger partial charge in [-0.1, -0.05) is 30.3 Å². The van der Waals surface area contributed by atoms with Crippen LogP contribution in [-0.2, 0) is 20.7 Å². The highest BCUT2D eigenvalue weighted by atomic mass is 16.5. The summed E-state index contributed by atoms with van der Waals surface area (Å²) in [6, 6.07) is 9.64. The molecule has 1 aliphatic rings. The van der Waals surface area contributed by atoms with Crippen molar-refractivity contribution >= 4 is 11.9 Å². The quantitative estimate of drug-likeness (QED) is 0.604. The van der Waals surface area contributed by atoms with E-state index in [1.165, 1.54) is 4.90 Å². The highest BCUT2D eigenvalue weighted by Crippen LogP contribution is 2.14. The Morgan fingerprint density at radius 2 is 1.86 bits per heavy atom. The van der Waals surface area contributed by atoms with Crippen molar-refractivity contribution in [2.24, 2.45) is 5.92 Å². The molecule has 1 fully saturated rings. The molecule has 5 heteroatoms. The fourth-order valence-electron chi connectivity index (χ4n) is 2.69. The summed E-state index contributed by atoms with van der Waals surface area (Å²) >= 11 is 0. The number of piperazine rings is 1. The molecule has 0 unspecified atom stereocenters. The molecule has 1 atom stereocenters. The first-order valence-electron chi connectivity index (χ1n) is 7.92. The lowest BCUT2D eigenvalue weighted by Gasteiger charge is -2.32. The van der Waals surface area contributed by atoms with Gasteiger partial charge in [0.25, 0.3) is 0 Å². The molecular formula is C17H25N2O3+. The third-order valence-electron chi connectivity index (χ3n) is 4.08. The number of carbonyl (C=O) groups excluding carboxylic acids is 2. The summed E-state index contributed by atoms with van der Waals surface area (Å²) < 4.78 is 5.12. The van der Waals surface area contributed by atoms with E-state index < -0.39 is 11.9 Å². The molecule has 2 rings (SSSR count). The number of esters is 1. The molecule has 0 saturated carbocycles. The summed E-state index contributed by atoms with van der Waals surface area (Å²) in [6.45, 7) is 5.31. The van der Waals surface area contributed by atoms with Crippen LogP contribution in [0.5, 0.6) is 0 Å². The first-order chi connectivity index (χ1) is 10.6. The molecule has 0 radical (unpaired) electrons. The highest BCUT2D eigenvalue weighted by Gasteiger charge is 2.33. The minimum atomic E-state index is -0.735. The fraction of sp³-hybridized carbons (Fsp3) is 0.529. The number of nitrogens with one attached hydrogen (secondary N) is 1. The van der Waals surface area contributed by atoms with Crippen molar-refractivity contribution in [3.63, 3.8) is 0 Å². The lowest BCUT2D eigenvalue weighted by atomic mass is 9.97. The third-order valence-corrected chi connectivity index (χ3v) is 4.08. The number of quaternary nitrogens is 1. The number of hydrogen-bond donors (Lipinski definition) is 1. The Bertz CT molecular complexity index is 496. The van der Waals surface area contributed by atoms with Gasteiger partial charge in [-0.15, -0.1) is 0 Å². The number of nitrogens with zero attached hydrogens (tertiary/aromatic N) is 1. The molecule has 0 aliphatic carbocycles. The van der Waals surface area contributed by atoms with Crippen molar-refractivity contribution < 1.29 is 19.2 Å². The van der Waals surface area contributed by atoms with Gasteiger partial charge in [-0.05, 0) is 18.9 Å². The van der Waals surface area contributed by atoms with Crippen molar-refractivity contribution in [2.45, 2.75) is 13.3 Å². The second-order valence-electron chi connectivity index (χ2n) is 5.78. The maximum atomic E-state index is 12.7. The van der Waals surface area contributed by atoms with Crippen molar-refractivity contribution in [3.8, 4) is 0 Å². The maximum Gasteiger partial charge on any atom is 0.318 e. The van der Waals surface area contributed by atoms with E-state index in [4.69, 9.17) is 4.74 Å². The van der Waals surface area contributed by atoms with E-state index in [0.29, 0.717) is 26.1 Å². The van der Waals surface area contributed by atoms with Crippen molar-refractivity contribution in [1.82, 2.24) is 4.90 Å². The number of hydrogen-bond acceptors (Lipinski definition) is 3. The van der Waals surface area contributed by atoms with E-state index in [0.717, 1.165) is 18.7 Å². The average Bonchev–Trinajstić information content (AvgIpc) is 2.54. The van der Waals surface area contributed by atoms with Crippen LogP contribution in [0.15, 0.2) is 30.3 Å². The van der Waals surface area contributed by atoms with Crippen LogP contribution >= 0.6 is 0 Å². The van der Waals surface area contributed by atoms with Crippen LogP contribution in [0.25, 0.3) is 0 Å². The molecule has 5 nitrogen and oxygen atoms in total. The molecule has 1 N–H and O–H groups in total. The Labute approximate surface area is 131 Å². The van der Waals surface area contributed by atoms with E-state index >= 15 is 0 Å². The molecule has 22 heavy (non-hydrogen) atoms. The van der Waals surface area contributed by atoms with Gasteiger partial charge in [0, 0.05) is 0 Å². The van der Waals surface area contributed by atoms with Crippen LogP contribution in [0, 0.1) is 5.92 Å². The smallest absolute Gasteiger partial charge is 0.318 e. The second-order valence-corrected chi connectivity index (χ2v) is 5.78. The molecule has 120 valence electrons. The molecular weight excluding hydrogens is 280 g/mol. The summed E-state index contributed by atoms with van der Waals surface area (Å²) in [5, 5.41) is 0. The van der Waals surface area contributed by atoms with Crippen LogP contribution in [0.4, 0.5) is 0 Å². The van der Waals surface area contributed by atoms with Crippen LogP contribution in [0.1, 0.15) is 12.5 Å². The molecule has 1 amide bonds. The Hall–Kier alpha value is -1.88. The summed E-state index contributed by atoms with van der Waals surface area (Å²) in [4.78, 5) is 28.2. The van der Waals surface area contributed by atoms with Crippen LogP contribution in [0.3, 0.4) is 0 Å². The van der Waals surface area contributed by atoms with Crippen LogP contribution in [-0.4, -0.2) is 56.6 Å².